The Morgan fingerprint density at radius 3 is 2.20 bits per heavy atom. The first-order valence-electron chi connectivity index (χ1n) is 15.0. The minimum absolute atomic E-state index is 0.289. The molecule has 1 N–H and O–H groups in total. The first kappa shape index (κ1) is 33.6. The minimum Gasteiger partial charge on any atom is -0.478 e. The number of hydrogen-bond donors (Lipinski definition) is 1. The van der Waals surface area contributed by atoms with Gasteiger partial charge in [0.05, 0.1) is 11.4 Å². The lowest BCUT2D eigenvalue weighted by molar-refractivity contribution is -0.145. The van der Waals surface area contributed by atoms with Gasteiger partial charge in [-0.3, -0.25) is 0 Å². The molecule has 1 unspecified atom stereocenters. The van der Waals surface area contributed by atoms with Crippen LogP contribution in [0.2, 0.25) is 0 Å². The van der Waals surface area contributed by atoms with Crippen molar-refractivity contribution in [3.05, 3.63) is 113 Å². The molecular formula is C36H41N3O5. The molecule has 0 amide bonds. The second-order valence-corrected chi connectivity index (χ2v) is 10.0. The number of benzene rings is 3. The number of carboxylic acid groups (broad SMARTS) is 1. The molecule has 8 nitrogen and oxygen atoms in total. The Hall–Kier alpha value is -4.85. The third-order valence-electron chi connectivity index (χ3n) is 6.76. The van der Waals surface area contributed by atoms with Crippen molar-refractivity contribution in [3.8, 4) is 17.0 Å². The third-order valence-corrected chi connectivity index (χ3v) is 6.76. The van der Waals surface area contributed by atoms with Crippen molar-refractivity contribution in [2.75, 3.05) is 0 Å². The molecule has 0 saturated carbocycles. The van der Waals surface area contributed by atoms with Crippen LogP contribution in [-0.2, 0) is 27.3 Å². The zero-order valence-corrected chi connectivity index (χ0v) is 26.3. The van der Waals surface area contributed by atoms with Crippen molar-refractivity contribution in [3.63, 3.8) is 0 Å². The predicted molar refractivity (Wildman–Crippen MR) is 173 cm³/mol. The maximum absolute atomic E-state index is 12.2. The van der Waals surface area contributed by atoms with Crippen LogP contribution in [-0.4, -0.2) is 32.7 Å². The lowest BCUT2D eigenvalue weighted by atomic mass is 9.95. The fraction of sp³-hybridized carbons (Fsp3) is 0.306. The van der Waals surface area contributed by atoms with Gasteiger partial charge in [-0.2, -0.15) is 4.98 Å². The Morgan fingerprint density at radius 1 is 0.909 bits per heavy atom. The standard InChI is InChI=1S/C34H35N3O5.C2H6/c1-5-6-16-31-30(33(36-23(3)35-31)41-32(34(39)40)27-12-8-7-9-13-27)21-25-17-19-26(20-18-25)29-15-11-10-14-28(29)22(2)37-42-24(4)38;1-2/h7-15,17-20,32H,5-6,16,21H2,1-4H3,(H,39,40);1-2H3/b37-22+;. The lowest BCUT2D eigenvalue weighted by Gasteiger charge is -2.20. The van der Waals surface area contributed by atoms with Crippen LogP contribution in [0.4, 0.5) is 0 Å². The van der Waals surface area contributed by atoms with Gasteiger partial charge in [-0.05, 0) is 43.4 Å². The summed E-state index contributed by atoms with van der Waals surface area (Å²) >= 11 is 0. The normalized spacial score (nSPS) is 11.6. The number of rotatable bonds is 12. The molecular weight excluding hydrogens is 554 g/mol. The molecule has 0 aliphatic heterocycles. The van der Waals surface area contributed by atoms with Crippen molar-refractivity contribution in [2.24, 2.45) is 5.16 Å². The Balaban J connectivity index is 0.00000259. The number of hydrogen-bond acceptors (Lipinski definition) is 7. The van der Waals surface area contributed by atoms with E-state index in [4.69, 9.17) is 14.6 Å². The molecule has 0 saturated heterocycles. The van der Waals surface area contributed by atoms with Gasteiger partial charge in [-0.25, -0.2) is 14.6 Å². The molecule has 0 bridgehead atoms. The average Bonchev–Trinajstić information content (AvgIpc) is 3.04. The van der Waals surface area contributed by atoms with Crippen molar-refractivity contribution < 1.29 is 24.3 Å². The third kappa shape index (κ3) is 9.07. The molecule has 1 heterocycles. The number of aliphatic carboxylic acids is 1. The van der Waals surface area contributed by atoms with Gasteiger partial charge in [0.2, 0.25) is 12.0 Å². The quantitative estimate of drug-likeness (QED) is 0.101. The molecule has 0 spiro atoms. The zero-order chi connectivity index (χ0) is 32.1. The van der Waals surface area contributed by atoms with Crippen LogP contribution in [0.15, 0.2) is 84.0 Å². The van der Waals surface area contributed by atoms with Gasteiger partial charge in [0.25, 0.3) is 0 Å². The van der Waals surface area contributed by atoms with Crippen molar-refractivity contribution in [1.82, 2.24) is 9.97 Å². The van der Waals surface area contributed by atoms with Crippen molar-refractivity contribution in [2.45, 2.75) is 73.3 Å². The van der Waals surface area contributed by atoms with Crippen LogP contribution in [0.25, 0.3) is 11.1 Å². The summed E-state index contributed by atoms with van der Waals surface area (Å²) in [6, 6.07) is 24.8. The maximum Gasteiger partial charge on any atom is 0.349 e. The van der Waals surface area contributed by atoms with E-state index >= 15 is 0 Å². The Bertz CT molecular complexity index is 1570. The number of aryl methyl sites for hydroxylation is 2. The first-order chi connectivity index (χ1) is 21.3. The van der Waals surface area contributed by atoms with Crippen LogP contribution in [0.3, 0.4) is 0 Å². The molecule has 230 valence electrons. The van der Waals surface area contributed by atoms with Crippen LogP contribution >= 0.6 is 0 Å². The SMILES string of the molecule is CC.CCCCc1nc(C)nc(OC(C(=O)O)c2ccccc2)c1Cc1ccc(-c2ccccc2/C(C)=N/OC(C)=O)cc1. The second kappa shape index (κ2) is 16.7. The smallest absolute Gasteiger partial charge is 0.349 e. The molecule has 44 heavy (non-hydrogen) atoms. The van der Waals surface area contributed by atoms with Crippen LogP contribution in [0, 0.1) is 6.92 Å². The highest BCUT2D eigenvalue weighted by Gasteiger charge is 2.25. The van der Waals surface area contributed by atoms with E-state index in [1.807, 2.05) is 68.4 Å². The van der Waals surface area contributed by atoms with Crippen LogP contribution < -0.4 is 4.74 Å². The summed E-state index contributed by atoms with van der Waals surface area (Å²) in [6.07, 6.45) is 1.95. The second-order valence-electron chi connectivity index (χ2n) is 10.0. The topological polar surface area (TPSA) is 111 Å². The van der Waals surface area contributed by atoms with E-state index in [2.05, 4.69) is 17.1 Å². The number of nitrogens with zero attached hydrogens (tertiary/aromatic N) is 3. The number of carboxylic acids is 1. The van der Waals surface area contributed by atoms with Crippen LogP contribution in [0.1, 0.15) is 87.3 Å². The van der Waals surface area contributed by atoms with E-state index in [9.17, 15) is 14.7 Å². The molecule has 1 aromatic heterocycles. The predicted octanol–water partition coefficient (Wildman–Crippen LogP) is 7.90. The van der Waals surface area contributed by atoms with Crippen molar-refractivity contribution in [1.29, 1.82) is 0 Å². The highest BCUT2D eigenvalue weighted by Crippen LogP contribution is 2.30. The molecule has 1 atom stereocenters. The molecule has 8 heteroatoms. The molecule has 0 radical (unpaired) electrons. The highest BCUT2D eigenvalue weighted by molar-refractivity contribution is 6.04. The van der Waals surface area contributed by atoms with E-state index in [-0.39, 0.29) is 5.88 Å². The minimum atomic E-state index is -1.20. The summed E-state index contributed by atoms with van der Waals surface area (Å²) < 4.78 is 6.14. The number of oxime groups is 1. The Labute approximate surface area is 259 Å². The monoisotopic (exact) mass is 595 g/mol. The summed E-state index contributed by atoms with van der Waals surface area (Å²) in [7, 11) is 0. The molecule has 4 aromatic rings. The number of carbonyl (C=O) groups excluding carboxylic acids is 1. The largest absolute Gasteiger partial charge is 0.478 e. The van der Waals surface area contributed by atoms with E-state index in [1.54, 1.807) is 38.1 Å². The van der Waals surface area contributed by atoms with E-state index in [1.165, 1.54) is 6.92 Å². The van der Waals surface area contributed by atoms with E-state index < -0.39 is 18.0 Å². The van der Waals surface area contributed by atoms with E-state index in [0.717, 1.165) is 52.8 Å². The number of ether oxygens (including phenoxy) is 1. The van der Waals surface area contributed by atoms with Gasteiger partial charge >= 0.3 is 11.9 Å². The van der Waals surface area contributed by atoms with Gasteiger partial charge in [-0.15, -0.1) is 0 Å². The van der Waals surface area contributed by atoms with Gasteiger partial charge in [-0.1, -0.05) is 111 Å². The average molecular weight is 596 g/mol. The maximum atomic E-state index is 12.2. The summed E-state index contributed by atoms with van der Waals surface area (Å²) in [6.45, 7) is 11.0. The summed E-state index contributed by atoms with van der Waals surface area (Å²) in [5.74, 6) is -0.739. The summed E-state index contributed by atoms with van der Waals surface area (Å²) in [5.41, 5.74) is 6.57. The van der Waals surface area contributed by atoms with Gasteiger partial charge < -0.3 is 14.7 Å². The van der Waals surface area contributed by atoms with E-state index in [0.29, 0.717) is 23.5 Å². The summed E-state index contributed by atoms with van der Waals surface area (Å²) in [4.78, 5) is 37.6. The highest BCUT2D eigenvalue weighted by atomic mass is 16.7. The number of carbonyl (C=O) groups is 2. The lowest BCUT2D eigenvalue weighted by Crippen LogP contribution is -2.20. The number of aromatic nitrogens is 2. The number of unbranched alkanes of at least 4 members (excludes halogenated alkanes) is 1. The summed E-state index contributed by atoms with van der Waals surface area (Å²) in [5, 5.41) is 14.0. The first-order valence-corrected chi connectivity index (χ1v) is 15.0. The van der Waals surface area contributed by atoms with Crippen LogP contribution in [0.5, 0.6) is 5.88 Å². The van der Waals surface area contributed by atoms with Gasteiger partial charge in [0.15, 0.2) is 0 Å². The van der Waals surface area contributed by atoms with Crippen molar-refractivity contribution >= 4 is 17.7 Å². The molecule has 4 rings (SSSR count). The Kier molecular flexibility index (Phi) is 12.8. The molecule has 0 fully saturated rings. The fourth-order valence-electron chi connectivity index (χ4n) is 4.69. The fourth-order valence-corrected chi connectivity index (χ4v) is 4.69. The molecule has 0 aliphatic rings. The van der Waals surface area contributed by atoms with Gasteiger partial charge in [0, 0.05) is 30.0 Å². The Morgan fingerprint density at radius 2 is 1.57 bits per heavy atom. The molecule has 3 aromatic carbocycles. The van der Waals surface area contributed by atoms with Gasteiger partial charge in [0.1, 0.15) is 5.82 Å². The molecule has 0 aliphatic carbocycles. The zero-order valence-electron chi connectivity index (χ0n) is 26.3.